The lowest BCUT2D eigenvalue weighted by Gasteiger charge is -2.24. The first-order valence-corrected chi connectivity index (χ1v) is 24.5. The van der Waals surface area contributed by atoms with Crippen molar-refractivity contribution in [2.45, 2.75) is 165 Å². The second kappa shape index (κ2) is 27.7. The van der Waals surface area contributed by atoms with Crippen LogP contribution in [-0.4, -0.2) is 74.0 Å². The molecule has 0 radical (unpaired) electrons. The first-order chi connectivity index (χ1) is 31.1. The number of benzene rings is 3. The van der Waals surface area contributed by atoms with Gasteiger partial charge < -0.3 is 14.2 Å². The van der Waals surface area contributed by atoms with Crippen molar-refractivity contribution in [3.63, 3.8) is 0 Å². The summed E-state index contributed by atoms with van der Waals surface area (Å²) in [4.78, 5) is 55.5. The van der Waals surface area contributed by atoms with Gasteiger partial charge in [0.05, 0.1) is 0 Å². The number of aliphatic imine (C=N–C) groups is 3. The van der Waals surface area contributed by atoms with Crippen LogP contribution in [0.3, 0.4) is 0 Å². The van der Waals surface area contributed by atoms with Crippen LogP contribution in [0.15, 0.2) is 87.8 Å². The van der Waals surface area contributed by atoms with Crippen LogP contribution in [0.4, 0.5) is 0 Å². The van der Waals surface area contributed by atoms with Gasteiger partial charge >= 0.3 is 17.9 Å². The predicted molar refractivity (Wildman–Crippen MR) is 273 cm³/mol. The zero-order valence-corrected chi connectivity index (χ0v) is 43.0. The van der Waals surface area contributed by atoms with Crippen molar-refractivity contribution in [1.29, 1.82) is 0 Å². The molecule has 0 N–H and O–H groups in total. The van der Waals surface area contributed by atoms with E-state index in [9.17, 15) is 14.4 Å². The summed E-state index contributed by atoms with van der Waals surface area (Å²) in [7, 11) is 0. The SMILES string of the molecule is CC(C=NC(C(=O)OC(COC(=O)C(/N=C\C(C)Cc1ccc(C(C)C)cc1)C(C)C)COC(=O)C(/N=C/C(C)Cc1ccc(C(C)C)cc1)C(C)C)C(C)C)Cc1ccc(C(C)C)cc1. The van der Waals surface area contributed by atoms with E-state index in [0.717, 1.165) is 19.3 Å². The third-order valence-electron chi connectivity index (χ3n) is 11.8. The smallest absolute Gasteiger partial charge is 0.331 e. The number of carbonyl (C=O) groups excluding carboxylic acids is 3. The standard InChI is InChI=1S/C57H83N3O6/c1-36(2)48-22-16-45(17-23-48)28-42(13)31-58-52(39(7)8)55(61)64-34-51(66-57(63)54(41(11)12)60-33-44(15)30-47-20-26-50(27-21-47)38(5)6)35-65-56(62)53(40(9)10)59-32-43(14)29-46-18-24-49(25-19-46)37(3)4/h16-27,31-33,36-44,51-54H,28-30,34-35H2,1-15H3/b58-31-,59-32+,60-33?. The molecule has 0 heterocycles. The minimum atomic E-state index is -1.09. The highest BCUT2D eigenvalue weighted by molar-refractivity contribution is 5.81. The average molecular weight is 906 g/mol. The molecule has 0 amide bonds. The van der Waals surface area contributed by atoms with Gasteiger partial charge in [-0.3, -0.25) is 15.0 Å². The molecular formula is C57H83N3O6. The molecule has 9 nitrogen and oxygen atoms in total. The summed E-state index contributed by atoms with van der Waals surface area (Å²) >= 11 is 0. The van der Waals surface area contributed by atoms with E-state index in [1.165, 1.54) is 33.4 Å². The minimum Gasteiger partial charge on any atom is -0.460 e. The van der Waals surface area contributed by atoms with Crippen LogP contribution in [0.1, 0.15) is 155 Å². The van der Waals surface area contributed by atoms with Crippen molar-refractivity contribution in [3.8, 4) is 0 Å². The van der Waals surface area contributed by atoms with E-state index in [-0.39, 0.29) is 48.7 Å². The fraction of sp³-hybridized carbons (Fsp3) is 0.579. The zero-order valence-electron chi connectivity index (χ0n) is 43.0. The Morgan fingerprint density at radius 3 is 0.909 bits per heavy atom. The highest BCUT2D eigenvalue weighted by Gasteiger charge is 2.31. The Morgan fingerprint density at radius 2 is 0.667 bits per heavy atom. The van der Waals surface area contributed by atoms with Crippen LogP contribution < -0.4 is 0 Å². The summed E-state index contributed by atoms with van der Waals surface area (Å²) in [6.07, 6.45) is 6.70. The van der Waals surface area contributed by atoms with Gasteiger partial charge in [0.25, 0.3) is 0 Å². The van der Waals surface area contributed by atoms with E-state index in [4.69, 9.17) is 29.2 Å². The van der Waals surface area contributed by atoms with Gasteiger partial charge in [-0.25, -0.2) is 14.4 Å². The maximum absolute atomic E-state index is 13.9. The van der Waals surface area contributed by atoms with Crippen LogP contribution in [0, 0.1) is 35.5 Å². The predicted octanol–water partition coefficient (Wildman–Crippen LogP) is 12.3. The molecule has 7 atom stereocenters. The first kappa shape index (κ1) is 55.4. The second-order valence-corrected chi connectivity index (χ2v) is 20.5. The van der Waals surface area contributed by atoms with Crippen LogP contribution >= 0.6 is 0 Å². The molecule has 0 saturated heterocycles. The molecule has 0 spiro atoms. The number of hydrogen-bond acceptors (Lipinski definition) is 9. The number of carbonyl (C=O) groups is 3. The van der Waals surface area contributed by atoms with Gasteiger partial charge in [-0.15, -0.1) is 0 Å². The van der Waals surface area contributed by atoms with E-state index in [0.29, 0.717) is 17.8 Å². The van der Waals surface area contributed by atoms with Gasteiger partial charge in [-0.2, -0.15) is 0 Å². The van der Waals surface area contributed by atoms with Gasteiger partial charge in [0.15, 0.2) is 6.10 Å². The Labute approximate surface area is 398 Å². The topological polar surface area (TPSA) is 116 Å². The van der Waals surface area contributed by atoms with E-state index in [2.05, 4.69) is 135 Å². The second-order valence-electron chi connectivity index (χ2n) is 20.5. The van der Waals surface area contributed by atoms with Crippen LogP contribution in [0.2, 0.25) is 0 Å². The normalized spacial score (nSPS) is 15.6. The molecule has 362 valence electrons. The number of rotatable bonds is 26. The lowest BCUT2D eigenvalue weighted by molar-refractivity contribution is -0.169. The molecule has 7 unspecified atom stereocenters. The number of hydrogen-bond donors (Lipinski definition) is 0. The third kappa shape index (κ3) is 19.1. The van der Waals surface area contributed by atoms with Crippen LogP contribution in [-0.2, 0) is 47.9 Å². The third-order valence-corrected chi connectivity index (χ3v) is 11.8. The molecule has 9 heteroatoms. The largest absolute Gasteiger partial charge is 0.460 e. The van der Waals surface area contributed by atoms with E-state index in [1.807, 2.05) is 60.2 Å². The van der Waals surface area contributed by atoms with Crippen LogP contribution in [0.5, 0.6) is 0 Å². The molecule has 3 rings (SSSR count). The summed E-state index contributed by atoms with van der Waals surface area (Å²) in [5.41, 5.74) is 7.46. The molecule has 0 saturated carbocycles. The van der Waals surface area contributed by atoms with E-state index < -0.39 is 42.1 Å². The lowest BCUT2D eigenvalue weighted by atomic mass is 9.97. The van der Waals surface area contributed by atoms with Gasteiger partial charge in [-0.1, -0.05) is 177 Å². The molecule has 0 bridgehead atoms. The highest BCUT2D eigenvalue weighted by atomic mass is 16.6. The Hall–Kier alpha value is -4.92. The summed E-state index contributed by atoms with van der Waals surface area (Å²) in [6.45, 7) is 30.1. The summed E-state index contributed by atoms with van der Waals surface area (Å²) < 4.78 is 17.7. The maximum atomic E-state index is 13.9. The number of esters is 3. The number of ether oxygens (including phenoxy) is 3. The molecular weight excluding hydrogens is 823 g/mol. The molecule has 3 aromatic carbocycles. The Kier molecular flexibility index (Phi) is 23.2. The van der Waals surface area contributed by atoms with E-state index in [1.54, 1.807) is 0 Å². The van der Waals surface area contributed by atoms with Crippen molar-refractivity contribution in [2.24, 2.45) is 50.5 Å². The van der Waals surface area contributed by atoms with Gasteiger partial charge in [-0.05, 0) is 106 Å². The minimum absolute atomic E-state index is 0.0602. The highest BCUT2D eigenvalue weighted by Crippen LogP contribution is 2.21. The first-order valence-electron chi connectivity index (χ1n) is 24.5. The fourth-order valence-electron chi connectivity index (χ4n) is 7.49. The van der Waals surface area contributed by atoms with Crippen molar-refractivity contribution >= 4 is 36.6 Å². The Balaban J connectivity index is 1.77. The molecule has 0 fully saturated rings. The van der Waals surface area contributed by atoms with Crippen molar-refractivity contribution in [3.05, 3.63) is 106 Å². The Bertz CT molecular complexity index is 1900. The molecule has 0 aliphatic carbocycles. The van der Waals surface area contributed by atoms with Crippen molar-refractivity contribution < 1.29 is 28.6 Å². The average Bonchev–Trinajstić information content (AvgIpc) is 3.24. The molecule has 66 heavy (non-hydrogen) atoms. The summed E-state index contributed by atoms with van der Waals surface area (Å²) in [5, 5.41) is 0. The quantitative estimate of drug-likeness (QED) is 0.0450. The maximum Gasteiger partial charge on any atom is 0.331 e. The van der Waals surface area contributed by atoms with Gasteiger partial charge in [0.2, 0.25) is 0 Å². The molecule has 3 aromatic rings. The van der Waals surface area contributed by atoms with Gasteiger partial charge in [0, 0.05) is 18.6 Å². The van der Waals surface area contributed by atoms with E-state index >= 15 is 0 Å². The van der Waals surface area contributed by atoms with Gasteiger partial charge in [0.1, 0.15) is 31.3 Å². The lowest BCUT2D eigenvalue weighted by Crippen LogP contribution is -2.39. The molecule has 0 aliphatic heterocycles. The molecule has 0 aromatic heterocycles. The Morgan fingerprint density at radius 1 is 0.409 bits per heavy atom. The zero-order chi connectivity index (χ0) is 49.1. The summed E-state index contributed by atoms with van der Waals surface area (Å²) in [5.74, 6) is -0.605. The monoisotopic (exact) mass is 906 g/mol. The summed E-state index contributed by atoms with van der Waals surface area (Å²) in [6, 6.07) is 23.5. The fourth-order valence-corrected chi connectivity index (χ4v) is 7.49. The number of nitrogens with zero attached hydrogens (tertiary/aromatic N) is 3. The van der Waals surface area contributed by atoms with Crippen LogP contribution in [0.25, 0.3) is 0 Å². The van der Waals surface area contributed by atoms with Crippen molar-refractivity contribution in [2.75, 3.05) is 13.2 Å². The van der Waals surface area contributed by atoms with Crippen molar-refractivity contribution in [1.82, 2.24) is 0 Å². The molecule has 0 aliphatic rings.